The number of rotatable bonds is 5. The Labute approximate surface area is 146 Å². The van der Waals surface area contributed by atoms with E-state index < -0.39 is 11.4 Å². The molecule has 0 bridgehead atoms. The third-order valence-corrected chi connectivity index (χ3v) is 6.43. The highest BCUT2D eigenvalue weighted by Gasteiger charge is 2.56. The predicted octanol–water partition coefficient (Wildman–Crippen LogP) is 2.89. The van der Waals surface area contributed by atoms with Gasteiger partial charge in [0.15, 0.2) is 0 Å². The first-order valence-corrected chi connectivity index (χ1v) is 9.17. The van der Waals surface area contributed by atoms with E-state index >= 15 is 0 Å². The number of fused-ring (bicyclic) bond motifs is 1. The van der Waals surface area contributed by atoms with Gasteiger partial charge in [-0.1, -0.05) is 6.42 Å². The number of hydrogen-bond donors (Lipinski definition) is 1. The first-order valence-electron chi connectivity index (χ1n) is 8.29. The van der Waals surface area contributed by atoms with Crippen molar-refractivity contribution in [1.29, 1.82) is 0 Å². The topological polar surface area (TPSA) is 66.8 Å². The monoisotopic (exact) mass is 349 g/mol. The van der Waals surface area contributed by atoms with Gasteiger partial charge in [-0.25, -0.2) is 0 Å². The van der Waals surface area contributed by atoms with Gasteiger partial charge in [0.05, 0.1) is 17.8 Å². The molecule has 0 aromatic heterocycles. The molecule has 0 spiro atoms. The Hall–Kier alpha value is -1.69. The number of methoxy groups -OCH3 is 1. The summed E-state index contributed by atoms with van der Waals surface area (Å²) in [5.41, 5.74) is -0.708. The molecule has 24 heavy (non-hydrogen) atoms. The molecule has 1 saturated heterocycles. The zero-order chi connectivity index (χ0) is 17.3. The molecule has 1 saturated carbocycles. The van der Waals surface area contributed by atoms with Crippen molar-refractivity contribution < 1.29 is 19.4 Å². The second kappa shape index (κ2) is 6.67. The molecule has 2 fully saturated rings. The number of carboxylic acids is 1. The average molecular weight is 349 g/mol. The van der Waals surface area contributed by atoms with Crippen molar-refractivity contribution in [2.45, 2.75) is 36.3 Å². The van der Waals surface area contributed by atoms with E-state index in [1.807, 2.05) is 31.2 Å². The molecule has 3 atom stereocenters. The van der Waals surface area contributed by atoms with E-state index in [4.69, 9.17) is 4.74 Å². The van der Waals surface area contributed by atoms with Crippen molar-refractivity contribution in [1.82, 2.24) is 4.90 Å². The van der Waals surface area contributed by atoms with Gasteiger partial charge in [0.25, 0.3) is 0 Å². The Morgan fingerprint density at radius 1 is 1.38 bits per heavy atom. The minimum Gasteiger partial charge on any atom is -0.497 e. The van der Waals surface area contributed by atoms with E-state index in [0.717, 1.165) is 23.5 Å². The number of carbonyl (C=O) groups excluding carboxylic acids is 1. The summed E-state index contributed by atoms with van der Waals surface area (Å²) in [7, 11) is 1.62. The first kappa shape index (κ1) is 17.1. The number of carbonyl (C=O) groups is 2. The van der Waals surface area contributed by atoms with Crippen molar-refractivity contribution in [2.24, 2.45) is 11.3 Å². The lowest BCUT2D eigenvalue weighted by Crippen LogP contribution is -2.39. The average Bonchev–Trinajstić information content (AvgIpc) is 3.13. The number of hydrogen-bond acceptors (Lipinski definition) is 4. The SMILES string of the molecule is COc1ccc(SC(C)C(=O)N2C[C@@H]3CCC[C@@]3(C(=O)O)C2)cc1. The molecule has 1 aromatic rings. The molecule has 5 nitrogen and oxygen atoms in total. The van der Waals surface area contributed by atoms with Crippen LogP contribution >= 0.6 is 11.8 Å². The Bertz CT molecular complexity index is 632. The van der Waals surface area contributed by atoms with Gasteiger partial charge in [-0.3, -0.25) is 9.59 Å². The van der Waals surface area contributed by atoms with Gasteiger partial charge in [-0.15, -0.1) is 11.8 Å². The van der Waals surface area contributed by atoms with Crippen LogP contribution in [0.15, 0.2) is 29.2 Å². The molecule has 1 aliphatic heterocycles. The molecular formula is C18H23NO4S. The number of aliphatic carboxylic acids is 1. The Kier molecular flexibility index (Phi) is 4.76. The molecule has 1 heterocycles. The largest absolute Gasteiger partial charge is 0.497 e. The molecular weight excluding hydrogens is 326 g/mol. The quantitative estimate of drug-likeness (QED) is 0.828. The van der Waals surface area contributed by atoms with Crippen LogP contribution in [-0.4, -0.2) is 47.3 Å². The van der Waals surface area contributed by atoms with Crippen LogP contribution in [0.5, 0.6) is 5.75 Å². The number of likely N-dealkylation sites (tertiary alicyclic amines) is 1. The summed E-state index contributed by atoms with van der Waals surface area (Å²) in [5.74, 6) is 0.188. The van der Waals surface area contributed by atoms with Gasteiger partial charge in [0, 0.05) is 18.0 Å². The van der Waals surface area contributed by atoms with Crippen molar-refractivity contribution in [3.63, 3.8) is 0 Å². The summed E-state index contributed by atoms with van der Waals surface area (Å²) in [6.45, 7) is 2.83. The molecule has 1 amide bonds. The number of carboxylic acid groups (broad SMARTS) is 1. The third-order valence-electron chi connectivity index (χ3n) is 5.33. The fraction of sp³-hybridized carbons (Fsp3) is 0.556. The number of nitrogens with zero attached hydrogens (tertiary/aromatic N) is 1. The number of thioether (sulfide) groups is 1. The lowest BCUT2D eigenvalue weighted by molar-refractivity contribution is -0.149. The molecule has 1 aliphatic carbocycles. The van der Waals surface area contributed by atoms with Crippen LogP contribution in [0.2, 0.25) is 0 Å². The highest BCUT2D eigenvalue weighted by atomic mass is 32.2. The Morgan fingerprint density at radius 3 is 2.67 bits per heavy atom. The number of ether oxygens (including phenoxy) is 1. The van der Waals surface area contributed by atoms with Gasteiger partial charge >= 0.3 is 5.97 Å². The fourth-order valence-electron chi connectivity index (χ4n) is 3.97. The maximum Gasteiger partial charge on any atom is 0.311 e. The van der Waals surface area contributed by atoms with Gasteiger partial charge in [0.2, 0.25) is 5.91 Å². The van der Waals surface area contributed by atoms with E-state index in [9.17, 15) is 14.7 Å². The number of benzene rings is 1. The van der Waals surface area contributed by atoms with Crippen LogP contribution in [0.25, 0.3) is 0 Å². The van der Waals surface area contributed by atoms with E-state index in [0.29, 0.717) is 19.5 Å². The van der Waals surface area contributed by atoms with E-state index in [1.165, 1.54) is 11.8 Å². The van der Waals surface area contributed by atoms with Gasteiger partial charge < -0.3 is 14.7 Å². The Balaban J connectivity index is 1.65. The minimum absolute atomic E-state index is 0.0332. The molecule has 6 heteroatoms. The fourth-order valence-corrected chi connectivity index (χ4v) is 4.92. The highest BCUT2D eigenvalue weighted by molar-refractivity contribution is 8.00. The van der Waals surface area contributed by atoms with Gasteiger partial charge in [-0.05, 0) is 49.9 Å². The standard InChI is InChI=1S/C18H23NO4S/c1-12(24-15-7-5-14(23-2)6-8-15)16(20)19-10-13-4-3-9-18(13,11-19)17(21)22/h5-8,12-13H,3-4,9-11H2,1-2H3,(H,21,22)/t12?,13-,18+/m0/s1. The van der Waals surface area contributed by atoms with Crippen LogP contribution in [0.4, 0.5) is 0 Å². The lowest BCUT2D eigenvalue weighted by Gasteiger charge is -2.24. The predicted molar refractivity (Wildman–Crippen MR) is 92.3 cm³/mol. The Morgan fingerprint density at radius 2 is 2.08 bits per heavy atom. The summed E-state index contributed by atoms with van der Waals surface area (Å²) >= 11 is 1.50. The van der Waals surface area contributed by atoms with E-state index in [2.05, 4.69) is 0 Å². The summed E-state index contributed by atoms with van der Waals surface area (Å²) in [4.78, 5) is 27.3. The molecule has 2 aliphatic rings. The summed E-state index contributed by atoms with van der Waals surface area (Å²) < 4.78 is 5.14. The van der Waals surface area contributed by atoms with Gasteiger partial charge in [-0.2, -0.15) is 0 Å². The van der Waals surface area contributed by atoms with Crippen LogP contribution < -0.4 is 4.74 Å². The molecule has 0 radical (unpaired) electrons. The zero-order valence-electron chi connectivity index (χ0n) is 14.0. The number of amides is 1. The highest BCUT2D eigenvalue weighted by Crippen LogP contribution is 2.49. The second-order valence-electron chi connectivity index (χ2n) is 6.70. The van der Waals surface area contributed by atoms with Crippen molar-refractivity contribution in [3.05, 3.63) is 24.3 Å². The second-order valence-corrected chi connectivity index (χ2v) is 8.12. The summed E-state index contributed by atoms with van der Waals surface area (Å²) in [5, 5.41) is 9.41. The normalized spacial score (nSPS) is 26.9. The summed E-state index contributed by atoms with van der Waals surface area (Å²) in [6, 6.07) is 7.62. The molecule has 1 aromatic carbocycles. The van der Waals surface area contributed by atoms with E-state index in [1.54, 1.807) is 12.0 Å². The zero-order valence-corrected chi connectivity index (χ0v) is 14.8. The van der Waals surface area contributed by atoms with Crippen molar-refractivity contribution in [3.8, 4) is 5.75 Å². The molecule has 3 rings (SSSR count). The van der Waals surface area contributed by atoms with Crippen molar-refractivity contribution in [2.75, 3.05) is 20.2 Å². The van der Waals surface area contributed by atoms with Crippen molar-refractivity contribution >= 4 is 23.6 Å². The van der Waals surface area contributed by atoms with Crippen LogP contribution in [0.1, 0.15) is 26.2 Å². The molecule has 130 valence electrons. The van der Waals surface area contributed by atoms with Crippen LogP contribution in [0.3, 0.4) is 0 Å². The smallest absolute Gasteiger partial charge is 0.311 e. The first-order chi connectivity index (χ1) is 11.5. The van der Waals surface area contributed by atoms with Gasteiger partial charge in [0.1, 0.15) is 5.75 Å². The van der Waals surface area contributed by atoms with Crippen LogP contribution in [0, 0.1) is 11.3 Å². The van der Waals surface area contributed by atoms with Crippen LogP contribution in [-0.2, 0) is 9.59 Å². The molecule has 1 N–H and O–H groups in total. The maximum absolute atomic E-state index is 12.8. The summed E-state index contributed by atoms with van der Waals surface area (Å²) in [6.07, 6.45) is 2.56. The maximum atomic E-state index is 12.8. The third kappa shape index (κ3) is 2.99. The minimum atomic E-state index is -0.740. The van der Waals surface area contributed by atoms with E-state index in [-0.39, 0.29) is 17.1 Å². The molecule has 1 unspecified atom stereocenters. The lowest BCUT2D eigenvalue weighted by atomic mass is 9.81.